The maximum absolute atomic E-state index is 12.2. The van der Waals surface area contributed by atoms with Crippen molar-refractivity contribution in [1.82, 2.24) is 4.98 Å². The van der Waals surface area contributed by atoms with Crippen LogP contribution in [-0.2, 0) is 4.74 Å². The van der Waals surface area contributed by atoms with Gasteiger partial charge in [-0.05, 0) is 18.6 Å². The second kappa shape index (κ2) is 5.31. The molecule has 1 N–H and O–H groups in total. The summed E-state index contributed by atoms with van der Waals surface area (Å²) in [7, 11) is 1.50. The van der Waals surface area contributed by atoms with Gasteiger partial charge in [-0.3, -0.25) is 0 Å². The van der Waals surface area contributed by atoms with Gasteiger partial charge in [0.1, 0.15) is 16.7 Å². The fraction of sp³-hybridized carbons (Fsp3) is 0.200. The minimum Gasteiger partial charge on any atom is -0.473 e. The number of aliphatic hydroxyl groups excluding tert-OH is 1. The van der Waals surface area contributed by atoms with Crippen LogP contribution in [0.3, 0.4) is 0 Å². The van der Waals surface area contributed by atoms with Crippen LogP contribution in [0.2, 0.25) is 0 Å². The van der Waals surface area contributed by atoms with Gasteiger partial charge in [0.25, 0.3) is 5.19 Å². The zero-order valence-corrected chi connectivity index (χ0v) is 12.3. The van der Waals surface area contributed by atoms with Gasteiger partial charge in [-0.1, -0.05) is 35.6 Å². The zero-order valence-electron chi connectivity index (χ0n) is 11.5. The van der Waals surface area contributed by atoms with E-state index in [1.807, 2.05) is 18.2 Å². The number of esters is 1. The number of hydrogen-bond donors (Lipinski definition) is 1. The minimum absolute atomic E-state index is 0.370. The molecule has 1 aliphatic rings. The van der Waals surface area contributed by atoms with Gasteiger partial charge in [-0.15, -0.1) is 0 Å². The van der Waals surface area contributed by atoms with E-state index >= 15 is 0 Å². The van der Waals surface area contributed by atoms with Gasteiger partial charge in [0, 0.05) is 5.56 Å². The fourth-order valence-electron chi connectivity index (χ4n) is 2.19. The molecule has 21 heavy (non-hydrogen) atoms. The molecule has 1 aromatic carbocycles. The quantitative estimate of drug-likeness (QED) is 0.883. The predicted molar refractivity (Wildman–Crippen MR) is 78.2 cm³/mol. The van der Waals surface area contributed by atoms with E-state index in [4.69, 9.17) is 9.47 Å². The lowest BCUT2D eigenvalue weighted by Crippen LogP contribution is -2.03. The summed E-state index contributed by atoms with van der Waals surface area (Å²) in [5, 5.41) is 10.4. The van der Waals surface area contributed by atoms with E-state index < -0.39 is 12.1 Å². The molecule has 0 saturated carbocycles. The molecule has 1 heterocycles. The molecule has 1 atom stereocenters. The van der Waals surface area contributed by atoms with Crippen LogP contribution in [0.1, 0.15) is 32.6 Å². The number of carbonyl (C=O) groups excluding carboxylic acids is 1. The standard InChI is InChI=1S/C15H13NO4S/c1-8-13(21-15(16-8)19-2)14(18)20-12-7-11(17)9-5-3-4-6-10(9)12/h3-7,11,17H,1-2H3. The summed E-state index contributed by atoms with van der Waals surface area (Å²) < 4.78 is 10.4. The summed E-state index contributed by atoms with van der Waals surface area (Å²) in [6.07, 6.45) is 0.775. The zero-order chi connectivity index (χ0) is 15.0. The Morgan fingerprint density at radius 2 is 2.14 bits per heavy atom. The third-order valence-electron chi connectivity index (χ3n) is 3.19. The maximum atomic E-state index is 12.2. The van der Waals surface area contributed by atoms with Crippen LogP contribution in [0, 0.1) is 6.92 Å². The van der Waals surface area contributed by atoms with Crippen molar-refractivity contribution < 1.29 is 19.4 Å². The van der Waals surface area contributed by atoms with Crippen molar-refractivity contribution in [1.29, 1.82) is 0 Å². The highest BCUT2D eigenvalue weighted by Gasteiger charge is 2.26. The van der Waals surface area contributed by atoms with Gasteiger partial charge in [0.05, 0.1) is 12.8 Å². The number of methoxy groups -OCH3 is 1. The first kappa shape index (κ1) is 13.8. The Labute approximate surface area is 125 Å². The smallest absolute Gasteiger partial charge is 0.355 e. The fourth-order valence-corrected chi connectivity index (χ4v) is 2.94. The van der Waals surface area contributed by atoms with Crippen LogP contribution < -0.4 is 4.74 Å². The SMILES string of the molecule is COc1nc(C)c(C(=O)OC2=CC(O)c3ccccc32)s1. The summed E-state index contributed by atoms with van der Waals surface area (Å²) in [6.45, 7) is 1.72. The highest BCUT2D eigenvalue weighted by Crippen LogP contribution is 2.36. The van der Waals surface area contributed by atoms with Gasteiger partial charge >= 0.3 is 5.97 Å². The Hall–Kier alpha value is -2.18. The molecule has 0 fully saturated rings. The molecule has 1 aromatic heterocycles. The Morgan fingerprint density at radius 1 is 1.38 bits per heavy atom. The molecule has 2 aromatic rings. The van der Waals surface area contributed by atoms with Crippen molar-refractivity contribution in [3.8, 4) is 5.19 Å². The Kier molecular flexibility index (Phi) is 3.48. The first-order valence-electron chi connectivity index (χ1n) is 6.33. The molecule has 6 heteroatoms. The average molecular weight is 303 g/mol. The molecular formula is C15H13NO4S. The van der Waals surface area contributed by atoms with Crippen molar-refractivity contribution in [2.45, 2.75) is 13.0 Å². The van der Waals surface area contributed by atoms with Crippen LogP contribution >= 0.6 is 11.3 Å². The molecule has 108 valence electrons. The van der Waals surface area contributed by atoms with Crippen molar-refractivity contribution in [3.05, 3.63) is 52.0 Å². The second-order valence-corrected chi connectivity index (χ2v) is 5.51. The molecule has 3 rings (SSSR count). The molecule has 1 unspecified atom stereocenters. The lowest BCUT2D eigenvalue weighted by molar-refractivity contribution is 0.0696. The van der Waals surface area contributed by atoms with Crippen LogP contribution in [0.4, 0.5) is 0 Å². The van der Waals surface area contributed by atoms with Crippen LogP contribution in [0.25, 0.3) is 5.76 Å². The number of fused-ring (bicyclic) bond motifs is 1. The largest absolute Gasteiger partial charge is 0.473 e. The Bertz CT molecular complexity index is 735. The van der Waals surface area contributed by atoms with E-state index in [9.17, 15) is 9.90 Å². The normalized spacial score (nSPS) is 16.3. The van der Waals surface area contributed by atoms with Gasteiger partial charge < -0.3 is 14.6 Å². The number of hydrogen-bond acceptors (Lipinski definition) is 6. The molecule has 0 amide bonds. The summed E-state index contributed by atoms with van der Waals surface area (Å²) in [4.78, 5) is 16.7. The van der Waals surface area contributed by atoms with Crippen molar-refractivity contribution >= 4 is 23.1 Å². The van der Waals surface area contributed by atoms with E-state index in [0.717, 1.165) is 22.5 Å². The van der Waals surface area contributed by atoms with Crippen LogP contribution in [0.15, 0.2) is 30.3 Å². The first-order valence-corrected chi connectivity index (χ1v) is 7.14. The lowest BCUT2D eigenvalue weighted by Gasteiger charge is -2.06. The van der Waals surface area contributed by atoms with Gasteiger partial charge in [0.2, 0.25) is 0 Å². The number of thiazole rings is 1. The third-order valence-corrected chi connectivity index (χ3v) is 4.29. The molecule has 0 bridgehead atoms. The maximum Gasteiger partial charge on any atom is 0.355 e. The first-order chi connectivity index (χ1) is 10.1. The summed E-state index contributed by atoms with van der Waals surface area (Å²) >= 11 is 1.14. The molecular weight excluding hydrogens is 290 g/mol. The predicted octanol–water partition coefficient (Wildman–Crippen LogP) is 2.71. The van der Waals surface area contributed by atoms with Crippen LogP contribution in [0.5, 0.6) is 5.19 Å². The number of benzene rings is 1. The molecule has 1 aliphatic carbocycles. The topological polar surface area (TPSA) is 68.7 Å². The summed E-state index contributed by atoms with van der Waals surface area (Å²) in [6, 6.07) is 7.28. The minimum atomic E-state index is -0.749. The van der Waals surface area contributed by atoms with E-state index in [-0.39, 0.29) is 0 Å². The number of carbonyl (C=O) groups is 1. The third kappa shape index (κ3) is 2.43. The molecule has 0 radical (unpaired) electrons. The van der Waals surface area contributed by atoms with E-state index in [0.29, 0.717) is 21.5 Å². The number of aryl methyl sites for hydroxylation is 1. The van der Waals surface area contributed by atoms with Crippen molar-refractivity contribution in [3.63, 3.8) is 0 Å². The van der Waals surface area contributed by atoms with E-state index in [1.54, 1.807) is 13.0 Å². The number of rotatable bonds is 3. The molecule has 5 nitrogen and oxygen atoms in total. The lowest BCUT2D eigenvalue weighted by atomic mass is 10.1. The van der Waals surface area contributed by atoms with Crippen molar-refractivity contribution in [2.75, 3.05) is 7.11 Å². The summed E-state index contributed by atoms with van der Waals surface area (Å²) in [5.41, 5.74) is 2.03. The Morgan fingerprint density at radius 3 is 2.86 bits per heavy atom. The number of nitrogens with zero attached hydrogens (tertiary/aromatic N) is 1. The number of aromatic nitrogens is 1. The van der Waals surface area contributed by atoms with E-state index in [2.05, 4.69) is 4.98 Å². The molecule has 0 aliphatic heterocycles. The Balaban J connectivity index is 1.86. The number of aliphatic hydroxyl groups is 1. The molecule has 0 spiro atoms. The molecule has 0 saturated heterocycles. The van der Waals surface area contributed by atoms with Gasteiger partial charge in [0.15, 0.2) is 0 Å². The summed E-state index contributed by atoms with van der Waals surface area (Å²) in [5.74, 6) is -0.127. The second-order valence-electron chi connectivity index (χ2n) is 4.55. The highest BCUT2D eigenvalue weighted by atomic mass is 32.1. The van der Waals surface area contributed by atoms with Crippen molar-refractivity contribution in [2.24, 2.45) is 0 Å². The average Bonchev–Trinajstić information content (AvgIpc) is 3.01. The highest BCUT2D eigenvalue weighted by molar-refractivity contribution is 7.15. The van der Waals surface area contributed by atoms with Crippen LogP contribution in [-0.4, -0.2) is 23.2 Å². The monoisotopic (exact) mass is 303 g/mol. The van der Waals surface area contributed by atoms with Gasteiger partial charge in [-0.2, -0.15) is 0 Å². The number of ether oxygens (including phenoxy) is 2. The van der Waals surface area contributed by atoms with E-state index in [1.165, 1.54) is 13.2 Å². The van der Waals surface area contributed by atoms with Gasteiger partial charge in [-0.25, -0.2) is 9.78 Å².